The van der Waals surface area contributed by atoms with Crippen LogP contribution in [0.3, 0.4) is 0 Å². The molecule has 8 heteroatoms. The Kier molecular flexibility index (Phi) is 6.49. The van der Waals surface area contributed by atoms with E-state index in [4.69, 9.17) is 0 Å². The van der Waals surface area contributed by atoms with Crippen LogP contribution < -0.4 is 10.2 Å². The maximum absolute atomic E-state index is 12.6. The second-order valence-corrected chi connectivity index (χ2v) is 8.59. The fraction of sp³-hybridized carbons (Fsp3) is 0.524. The molecule has 0 unspecified atom stereocenters. The lowest BCUT2D eigenvalue weighted by Crippen LogP contribution is -2.36. The molecule has 1 N–H and O–H groups in total. The second kappa shape index (κ2) is 9.43. The van der Waals surface area contributed by atoms with E-state index in [-0.39, 0.29) is 24.7 Å². The summed E-state index contributed by atoms with van der Waals surface area (Å²) in [5.41, 5.74) is 0.960. The number of rotatable bonds is 6. The minimum atomic E-state index is -0.0892. The van der Waals surface area contributed by atoms with Crippen LogP contribution in [0.15, 0.2) is 29.2 Å². The third kappa shape index (κ3) is 4.80. The summed E-state index contributed by atoms with van der Waals surface area (Å²) >= 11 is 1.77. The maximum Gasteiger partial charge on any atom is 0.227 e. The van der Waals surface area contributed by atoms with Crippen molar-refractivity contribution in [3.63, 3.8) is 0 Å². The van der Waals surface area contributed by atoms with Crippen molar-refractivity contribution in [2.75, 3.05) is 23.7 Å². The number of thioether (sulfide) groups is 1. The molecular weight excluding hydrogens is 386 g/mol. The van der Waals surface area contributed by atoms with Crippen LogP contribution in [-0.4, -0.2) is 45.4 Å². The molecule has 2 amide bonds. The molecule has 0 bridgehead atoms. The van der Waals surface area contributed by atoms with Crippen LogP contribution in [0.4, 0.5) is 5.69 Å². The molecule has 4 rings (SSSR count). The number of hydrogen-bond donors (Lipinski definition) is 1. The highest BCUT2D eigenvalue weighted by atomic mass is 32.2. The topological polar surface area (TPSA) is 80.1 Å². The Labute approximate surface area is 175 Å². The summed E-state index contributed by atoms with van der Waals surface area (Å²) in [5, 5.41) is 11.5. The first-order valence-corrected chi connectivity index (χ1v) is 11.4. The van der Waals surface area contributed by atoms with E-state index in [0.717, 1.165) is 47.4 Å². The third-order valence-electron chi connectivity index (χ3n) is 5.45. The van der Waals surface area contributed by atoms with E-state index in [2.05, 4.69) is 20.1 Å². The first-order chi connectivity index (χ1) is 14.2. The average Bonchev–Trinajstić information content (AvgIpc) is 2.97. The number of benzene rings is 1. The summed E-state index contributed by atoms with van der Waals surface area (Å²) in [4.78, 5) is 27.8. The van der Waals surface area contributed by atoms with Gasteiger partial charge in [-0.2, -0.15) is 0 Å². The van der Waals surface area contributed by atoms with Gasteiger partial charge in [0.25, 0.3) is 0 Å². The lowest BCUT2D eigenvalue weighted by atomic mass is 10.2. The van der Waals surface area contributed by atoms with Crippen molar-refractivity contribution >= 4 is 29.3 Å². The molecule has 0 saturated heterocycles. The highest BCUT2D eigenvalue weighted by Crippen LogP contribution is 2.34. The third-order valence-corrected chi connectivity index (χ3v) is 6.50. The largest absolute Gasteiger partial charge is 0.356 e. The highest BCUT2D eigenvalue weighted by Gasteiger charge is 2.23. The number of carbonyl (C=O) groups excluding carboxylic acids is 2. The van der Waals surface area contributed by atoms with Crippen LogP contribution in [0.25, 0.3) is 0 Å². The van der Waals surface area contributed by atoms with Crippen molar-refractivity contribution in [1.29, 1.82) is 0 Å². The van der Waals surface area contributed by atoms with Crippen molar-refractivity contribution in [2.45, 2.75) is 56.4 Å². The smallest absolute Gasteiger partial charge is 0.227 e. The number of nitrogens with one attached hydrogen (secondary N) is 1. The number of fused-ring (bicyclic) bond motifs is 2. The van der Waals surface area contributed by atoms with Gasteiger partial charge in [-0.25, -0.2) is 0 Å². The molecule has 154 valence electrons. The van der Waals surface area contributed by atoms with Gasteiger partial charge in [0, 0.05) is 56.0 Å². The molecule has 1 aromatic heterocycles. The number of carbonyl (C=O) groups is 2. The van der Waals surface area contributed by atoms with E-state index in [0.29, 0.717) is 19.5 Å². The Hall–Kier alpha value is -2.35. The van der Waals surface area contributed by atoms with Crippen molar-refractivity contribution < 1.29 is 9.59 Å². The Morgan fingerprint density at radius 1 is 1.07 bits per heavy atom. The highest BCUT2D eigenvalue weighted by molar-refractivity contribution is 7.99. The van der Waals surface area contributed by atoms with Crippen molar-refractivity contribution in [3.05, 3.63) is 35.9 Å². The van der Waals surface area contributed by atoms with Gasteiger partial charge in [-0.05, 0) is 25.0 Å². The normalized spacial score (nSPS) is 15.9. The predicted molar refractivity (Wildman–Crippen MR) is 113 cm³/mol. The molecule has 7 nitrogen and oxygen atoms in total. The van der Waals surface area contributed by atoms with Gasteiger partial charge in [-0.3, -0.25) is 9.59 Å². The van der Waals surface area contributed by atoms with Crippen LogP contribution >= 0.6 is 11.8 Å². The summed E-state index contributed by atoms with van der Waals surface area (Å²) in [6, 6.07) is 7.95. The van der Waals surface area contributed by atoms with E-state index in [1.807, 2.05) is 29.2 Å². The van der Waals surface area contributed by atoms with Gasteiger partial charge in [-0.1, -0.05) is 18.6 Å². The van der Waals surface area contributed by atoms with Gasteiger partial charge < -0.3 is 14.8 Å². The minimum absolute atomic E-state index is 0.00989. The van der Waals surface area contributed by atoms with E-state index in [1.54, 1.807) is 11.8 Å². The molecule has 0 atom stereocenters. The Bertz CT molecular complexity index is 882. The van der Waals surface area contributed by atoms with Crippen LogP contribution in [0.5, 0.6) is 0 Å². The van der Waals surface area contributed by atoms with Gasteiger partial charge >= 0.3 is 0 Å². The molecule has 3 heterocycles. The SMILES string of the molecule is O=C(CCC(=O)N1CCSc2ccccc21)NCCc1nnc2n1CCCCC2. The second-order valence-electron chi connectivity index (χ2n) is 7.46. The van der Waals surface area contributed by atoms with Gasteiger partial charge in [0.1, 0.15) is 11.6 Å². The summed E-state index contributed by atoms with van der Waals surface area (Å²) in [5.74, 6) is 2.82. The van der Waals surface area contributed by atoms with Crippen LogP contribution in [0.1, 0.15) is 43.8 Å². The molecule has 0 saturated carbocycles. The number of aryl methyl sites for hydroxylation is 1. The summed E-state index contributed by atoms with van der Waals surface area (Å²) in [6.07, 6.45) is 5.65. The standard InChI is InChI=1S/C21H27N5O2S/c27-20(22-12-11-19-24-23-18-8-2-1-5-13-26(18)19)9-10-21(28)25-14-15-29-17-7-4-3-6-16(17)25/h3-4,6-7H,1-2,5,8-15H2,(H,22,27). The van der Waals surface area contributed by atoms with Crippen molar-refractivity contribution in [3.8, 4) is 0 Å². The zero-order valence-electron chi connectivity index (χ0n) is 16.6. The molecule has 2 aromatic rings. The monoisotopic (exact) mass is 413 g/mol. The number of amides is 2. The Morgan fingerprint density at radius 3 is 2.90 bits per heavy atom. The number of nitrogens with zero attached hydrogens (tertiary/aromatic N) is 4. The number of aromatic nitrogens is 3. The predicted octanol–water partition coefficient (Wildman–Crippen LogP) is 2.58. The molecule has 1 aromatic carbocycles. The fourth-order valence-electron chi connectivity index (χ4n) is 3.92. The quantitative estimate of drug-likeness (QED) is 0.787. The van der Waals surface area contributed by atoms with Gasteiger partial charge in [0.2, 0.25) is 11.8 Å². The van der Waals surface area contributed by atoms with E-state index < -0.39 is 0 Å². The van der Waals surface area contributed by atoms with Crippen molar-refractivity contribution in [2.24, 2.45) is 0 Å². The Morgan fingerprint density at radius 2 is 1.97 bits per heavy atom. The lowest BCUT2D eigenvalue weighted by molar-refractivity contribution is -0.125. The molecule has 0 spiro atoms. The molecule has 2 aliphatic rings. The molecule has 2 aliphatic heterocycles. The zero-order valence-corrected chi connectivity index (χ0v) is 17.4. The molecule has 0 aliphatic carbocycles. The molecule has 0 fully saturated rings. The fourth-order valence-corrected chi connectivity index (χ4v) is 4.91. The van der Waals surface area contributed by atoms with Gasteiger partial charge in [-0.15, -0.1) is 22.0 Å². The minimum Gasteiger partial charge on any atom is -0.356 e. The van der Waals surface area contributed by atoms with Crippen LogP contribution in [-0.2, 0) is 29.0 Å². The van der Waals surface area contributed by atoms with E-state index in [9.17, 15) is 9.59 Å². The molecule has 0 radical (unpaired) electrons. The molecule has 29 heavy (non-hydrogen) atoms. The summed E-state index contributed by atoms with van der Waals surface area (Å²) in [6.45, 7) is 2.18. The van der Waals surface area contributed by atoms with Gasteiger partial charge in [0.05, 0.1) is 5.69 Å². The first-order valence-electron chi connectivity index (χ1n) is 10.4. The zero-order chi connectivity index (χ0) is 20.1. The number of hydrogen-bond acceptors (Lipinski definition) is 5. The van der Waals surface area contributed by atoms with E-state index >= 15 is 0 Å². The number of anilines is 1. The number of para-hydroxylation sites is 1. The lowest BCUT2D eigenvalue weighted by Gasteiger charge is -2.29. The van der Waals surface area contributed by atoms with Crippen LogP contribution in [0, 0.1) is 0 Å². The van der Waals surface area contributed by atoms with E-state index in [1.165, 1.54) is 12.8 Å². The van der Waals surface area contributed by atoms with Crippen molar-refractivity contribution in [1.82, 2.24) is 20.1 Å². The summed E-state index contributed by atoms with van der Waals surface area (Å²) < 4.78 is 2.20. The summed E-state index contributed by atoms with van der Waals surface area (Å²) in [7, 11) is 0. The van der Waals surface area contributed by atoms with Crippen LogP contribution in [0.2, 0.25) is 0 Å². The average molecular weight is 414 g/mol. The maximum atomic E-state index is 12.6. The Balaban J connectivity index is 1.23. The molecular formula is C21H27N5O2S. The first kappa shape index (κ1) is 19.9. The van der Waals surface area contributed by atoms with Gasteiger partial charge in [0.15, 0.2) is 0 Å².